The van der Waals surface area contributed by atoms with Crippen LogP contribution in [-0.4, -0.2) is 48.2 Å². The van der Waals surface area contributed by atoms with Crippen LogP contribution < -0.4 is 10.6 Å². The van der Waals surface area contributed by atoms with Crippen LogP contribution in [0.1, 0.15) is 0 Å². The normalized spacial score (nSPS) is 18.6. The molecule has 96 valence electrons. The van der Waals surface area contributed by atoms with Crippen LogP contribution in [-0.2, 0) is 0 Å². The molecule has 4 nitrogen and oxygen atoms in total. The van der Waals surface area contributed by atoms with Crippen LogP contribution in [0.2, 0.25) is 0 Å². The topological polar surface area (TPSA) is 45.4 Å². The molecule has 1 aromatic heterocycles. The molecule has 1 aliphatic rings. The van der Waals surface area contributed by atoms with Crippen LogP contribution in [0.15, 0.2) is 6.07 Å². The average molecular weight is 266 g/mol. The van der Waals surface area contributed by atoms with E-state index in [1.54, 1.807) is 6.07 Å². The van der Waals surface area contributed by atoms with Gasteiger partial charge in [0.05, 0.1) is 6.54 Å². The van der Waals surface area contributed by atoms with Crippen molar-refractivity contribution in [3.63, 3.8) is 0 Å². The number of aromatic nitrogens is 1. The van der Waals surface area contributed by atoms with Gasteiger partial charge in [-0.3, -0.25) is 4.90 Å². The molecule has 0 aliphatic carbocycles. The summed E-state index contributed by atoms with van der Waals surface area (Å²) >= 11 is 1.28. The van der Waals surface area contributed by atoms with Gasteiger partial charge < -0.3 is 10.6 Å². The average Bonchev–Trinajstić information content (AvgIpc) is 2.63. The van der Waals surface area contributed by atoms with E-state index in [0.717, 1.165) is 5.00 Å². The van der Waals surface area contributed by atoms with Crippen molar-refractivity contribution in [2.75, 3.05) is 43.4 Å². The van der Waals surface area contributed by atoms with Crippen LogP contribution in [0.25, 0.3) is 0 Å². The summed E-state index contributed by atoms with van der Waals surface area (Å²) in [5.74, 6) is 0.461. The standard InChI is InChI=1S/C9H13F3N4S/c10-9(11,12)6-15-1-3-16(4-2-15)8-5-7(13)14-17-8/h5H,1-4,6H2,(H2,13,14). The number of nitrogens with zero attached hydrogens (tertiary/aromatic N) is 3. The van der Waals surface area contributed by atoms with Gasteiger partial charge >= 0.3 is 6.18 Å². The molecule has 1 fully saturated rings. The van der Waals surface area contributed by atoms with Gasteiger partial charge in [-0.25, -0.2) is 0 Å². The highest BCUT2D eigenvalue weighted by Crippen LogP contribution is 2.25. The molecule has 0 atom stereocenters. The second kappa shape index (κ2) is 4.69. The zero-order chi connectivity index (χ0) is 12.5. The summed E-state index contributed by atoms with van der Waals surface area (Å²) in [5, 5.41) is 0.925. The molecule has 0 unspecified atom stereocenters. The Balaban J connectivity index is 1.86. The van der Waals surface area contributed by atoms with E-state index in [2.05, 4.69) is 4.37 Å². The van der Waals surface area contributed by atoms with E-state index in [4.69, 9.17) is 5.73 Å². The zero-order valence-electron chi connectivity index (χ0n) is 9.07. The van der Waals surface area contributed by atoms with Gasteiger partial charge in [-0.2, -0.15) is 17.5 Å². The lowest BCUT2D eigenvalue weighted by atomic mass is 10.3. The number of halogens is 3. The fourth-order valence-corrected chi connectivity index (χ4v) is 2.53. The molecule has 17 heavy (non-hydrogen) atoms. The molecule has 1 saturated heterocycles. The third kappa shape index (κ3) is 3.47. The summed E-state index contributed by atoms with van der Waals surface area (Å²) in [5.41, 5.74) is 5.51. The Bertz CT molecular complexity index is 371. The predicted molar refractivity (Wildman–Crippen MR) is 61.2 cm³/mol. The number of alkyl halides is 3. The second-order valence-corrected chi connectivity index (χ2v) is 4.75. The van der Waals surface area contributed by atoms with Gasteiger partial charge in [0.1, 0.15) is 10.8 Å². The van der Waals surface area contributed by atoms with Crippen LogP contribution in [0.3, 0.4) is 0 Å². The molecule has 0 radical (unpaired) electrons. The van der Waals surface area contributed by atoms with Crippen LogP contribution in [0.4, 0.5) is 24.0 Å². The Morgan fingerprint density at radius 2 is 1.94 bits per heavy atom. The fourth-order valence-electron chi connectivity index (χ4n) is 1.81. The second-order valence-electron chi connectivity index (χ2n) is 3.97. The number of nitrogen functional groups attached to an aromatic ring is 1. The van der Waals surface area contributed by atoms with Crippen LogP contribution in [0.5, 0.6) is 0 Å². The first-order chi connectivity index (χ1) is 7.94. The van der Waals surface area contributed by atoms with Crippen molar-refractivity contribution >= 4 is 22.4 Å². The van der Waals surface area contributed by atoms with E-state index >= 15 is 0 Å². The van der Waals surface area contributed by atoms with E-state index in [-0.39, 0.29) is 0 Å². The molecule has 2 rings (SSSR count). The van der Waals surface area contributed by atoms with Crippen molar-refractivity contribution in [2.24, 2.45) is 0 Å². The molecule has 1 aromatic rings. The monoisotopic (exact) mass is 266 g/mol. The highest BCUT2D eigenvalue weighted by molar-refractivity contribution is 7.10. The molecule has 2 heterocycles. The molecule has 0 spiro atoms. The third-order valence-corrected chi connectivity index (χ3v) is 3.47. The molecule has 0 bridgehead atoms. The summed E-state index contributed by atoms with van der Waals surface area (Å²) in [6.07, 6.45) is -4.11. The van der Waals surface area contributed by atoms with Crippen molar-refractivity contribution in [1.29, 1.82) is 0 Å². The van der Waals surface area contributed by atoms with Crippen molar-refractivity contribution in [1.82, 2.24) is 9.27 Å². The quantitative estimate of drug-likeness (QED) is 0.879. The largest absolute Gasteiger partial charge is 0.401 e. The minimum absolute atomic E-state index is 0.414. The highest BCUT2D eigenvalue weighted by atomic mass is 32.1. The number of anilines is 2. The fraction of sp³-hybridized carbons (Fsp3) is 0.667. The van der Waals surface area contributed by atoms with Gasteiger partial charge in [0, 0.05) is 32.2 Å². The maximum atomic E-state index is 12.2. The van der Waals surface area contributed by atoms with Gasteiger partial charge in [0.25, 0.3) is 0 Å². The number of hydrogen-bond donors (Lipinski definition) is 1. The molecule has 2 N–H and O–H groups in total. The van der Waals surface area contributed by atoms with Gasteiger partial charge in [0.15, 0.2) is 0 Å². The minimum atomic E-state index is -4.11. The Kier molecular flexibility index (Phi) is 3.43. The summed E-state index contributed by atoms with van der Waals surface area (Å²) in [6, 6.07) is 1.75. The lowest BCUT2D eigenvalue weighted by Crippen LogP contribution is -2.49. The Labute approximate surface area is 101 Å². The van der Waals surface area contributed by atoms with Crippen LogP contribution in [0, 0.1) is 0 Å². The maximum absolute atomic E-state index is 12.2. The number of nitrogens with two attached hydrogens (primary N) is 1. The summed E-state index contributed by atoms with van der Waals surface area (Å²) in [6.45, 7) is 1.16. The van der Waals surface area contributed by atoms with E-state index < -0.39 is 12.7 Å². The van der Waals surface area contributed by atoms with E-state index in [0.29, 0.717) is 32.0 Å². The first-order valence-electron chi connectivity index (χ1n) is 5.20. The Morgan fingerprint density at radius 3 is 2.41 bits per heavy atom. The SMILES string of the molecule is Nc1cc(N2CCN(CC(F)(F)F)CC2)sn1. The third-order valence-electron chi connectivity index (χ3n) is 2.60. The van der Waals surface area contributed by atoms with Crippen LogP contribution >= 0.6 is 11.5 Å². The first-order valence-corrected chi connectivity index (χ1v) is 5.97. The zero-order valence-corrected chi connectivity index (χ0v) is 9.89. The molecule has 0 aromatic carbocycles. The Morgan fingerprint density at radius 1 is 1.29 bits per heavy atom. The maximum Gasteiger partial charge on any atom is 0.401 e. The van der Waals surface area contributed by atoms with Crippen molar-refractivity contribution in [2.45, 2.75) is 6.18 Å². The van der Waals surface area contributed by atoms with Gasteiger partial charge in [0.2, 0.25) is 0 Å². The number of piperazine rings is 1. The summed E-state index contributed by atoms with van der Waals surface area (Å²) in [4.78, 5) is 3.43. The van der Waals surface area contributed by atoms with E-state index in [1.165, 1.54) is 16.4 Å². The molecule has 0 amide bonds. The Hall–Kier alpha value is -1.02. The van der Waals surface area contributed by atoms with Crippen molar-refractivity contribution in [3.05, 3.63) is 6.07 Å². The smallest absolute Gasteiger partial charge is 0.383 e. The van der Waals surface area contributed by atoms with Gasteiger partial charge in [-0.15, -0.1) is 0 Å². The summed E-state index contributed by atoms with van der Waals surface area (Å²) < 4.78 is 40.5. The molecular weight excluding hydrogens is 253 g/mol. The molecule has 8 heteroatoms. The minimum Gasteiger partial charge on any atom is -0.383 e. The van der Waals surface area contributed by atoms with E-state index in [9.17, 15) is 13.2 Å². The number of hydrogen-bond acceptors (Lipinski definition) is 5. The highest BCUT2D eigenvalue weighted by Gasteiger charge is 2.32. The van der Waals surface area contributed by atoms with Crippen molar-refractivity contribution in [3.8, 4) is 0 Å². The van der Waals surface area contributed by atoms with Gasteiger partial charge in [-0.05, 0) is 11.5 Å². The predicted octanol–water partition coefficient (Wildman–Crippen LogP) is 1.41. The molecule has 1 aliphatic heterocycles. The lowest BCUT2D eigenvalue weighted by Gasteiger charge is -2.35. The van der Waals surface area contributed by atoms with E-state index in [1.807, 2.05) is 4.90 Å². The van der Waals surface area contributed by atoms with Crippen molar-refractivity contribution < 1.29 is 13.2 Å². The van der Waals surface area contributed by atoms with Gasteiger partial charge in [-0.1, -0.05) is 0 Å². The number of rotatable bonds is 2. The molecular formula is C9H13F3N4S. The summed E-state index contributed by atoms with van der Waals surface area (Å²) in [7, 11) is 0. The lowest BCUT2D eigenvalue weighted by molar-refractivity contribution is -0.146. The first kappa shape index (κ1) is 12.4. The molecule has 0 saturated carbocycles.